The number of pyridine rings is 2. The molecule has 0 spiro atoms. The van der Waals surface area contributed by atoms with Gasteiger partial charge in [0.25, 0.3) is 0 Å². The van der Waals surface area contributed by atoms with Crippen LogP contribution in [0.25, 0.3) is 0 Å². The van der Waals surface area contributed by atoms with Crippen molar-refractivity contribution in [2.75, 3.05) is 39.8 Å². The monoisotopic (exact) mass is 572 g/mol. The second-order valence-corrected chi connectivity index (χ2v) is 10.4. The van der Waals surface area contributed by atoms with Gasteiger partial charge in [0.2, 0.25) is 0 Å². The van der Waals surface area contributed by atoms with Gasteiger partial charge in [0.15, 0.2) is 0 Å². The van der Waals surface area contributed by atoms with E-state index in [1.807, 2.05) is 48.8 Å². The molecule has 0 aliphatic heterocycles. The molecule has 0 radical (unpaired) electrons. The van der Waals surface area contributed by atoms with E-state index in [0.717, 1.165) is 76.7 Å². The van der Waals surface area contributed by atoms with Gasteiger partial charge in [-0.3, -0.25) is 14.9 Å². The van der Waals surface area contributed by atoms with Crippen molar-refractivity contribution in [3.05, 3.63) is 124 Å². The zero-order chi connectivity index (χ0) is 28.5. The number of nitrogens with one attached hydrogen (secondary N) is 3. The lowest BCUT2D eigenvalue weighted by Crippen LogP contribution is -2.36. The Morgan fingerprint density at radius 1 is 0.683 bits per heavy atom. The Bertz CT molecular complexity index is 1230. The topological polar surface area (TPSA) is 74.3 Å². The lowest BCUT2D eigenvalue weighted by molar-refractivity contribution is 0.263. The summed E-state index contributed by atoms with van der Waals surface area (Å²) in [6, 6.07) is 27.0. The van der Waals surface area contributed by atoms with Crippen LogP contribution in [0.1, 0.15) is 28.1 Å². The van der Waals surface area contributed by atoms with Crippen LogP contribution in [0.15, 0.2) is 91.3 Å². The Labute approximate surface area is 249 Å². The molecule has 0 atom stereocenters. The van der Waals surface area contributed by atoms with Crippen molar-refractivity contribution in [2.45, 2.75) is 32.6 Å². The van der Waals surface area contributed by atoms with E-state index in [9.17, 15) is 0 Å². The first kappa shape index (κ1) is 30.6. The number of hydrogen-bond donors (Lipinski definition) is 3. The SMILES string of the molecule is COc1ccc(CCNCc2ccc(CN(CCNCc3ccccn3)CCNCc3ccccn3)cc2)cc1Cl. The number of halogens is 1. The molecule has 7 nitrogen and oxygen atoms in total. The van der Waals surface area contributed by atoms with Gasteiger partial charge < -0.3 is 20.7 Å². The number of hydrogen-bond acceptors (Lipinski definition) is 7. The van der Waals surface area contributed by atoms with Crippen molar-refractivity contribution in [1.29, 1.82) is 0 Å². The fourth-order valence-corrected chi connectivity index (χ4v) is 4.81. The molecule has 8 heteroatoms. The second-order valence-electron chi connectivity index (χ2n) is 9.98. The standard InChI is InChI=1S/C33H41ClN6O/c1-41-33-13-12-27(22-32(33)34)14-17-35-23-28-8-10-29(11-9-28)26-40(20-18-36-24-30-6-2-4-15-38-30)21-19-37-25-31-7-3-5-16-39-31/h2-13,15-16,22,35-37H,14,17-21,23-26H2,1H3. The van der Waals surface area contributed by atoms with Gasteiger partial charge >= 0.3 is 0 Å². The van der Waals surface area contributed by atoms with Gasteiger partial charge in [0.05, 0.1) is 23.5 Å². The number of nitrogens with zero attached hydrogens (tertiary/aromatic N) is 3. The van der Waals surface area contributed by atoms with Gasteiger partial charge in [-0.2, -0.15) is 0 Å². The summed E-state index contributed by atoms with van der Waals surface area (Å²) < 4.78 is 5.24. The van der Waals surface area contributed by atoms with Crippen LogP contribution in [0.2, 0.25) is 5.02 Å². The zero-order valence-electron chi connectivity index (χ0n) is 23.9. The quantitative estimate of drug-likeness (QED) is 0.147. The van der Waals surface area contributed by atoms with Crippen LogP contribution in [0, 0.1) is 0 Å². The summed E-state index contributed by atoms with van der Waals surface area (Å²) >= 11 is 6.25. The van der Waals surface area contributed by atoms with E-state index >= 15 is 0 Å². The van der Waals surface area contributed by atoms with Crippen LogP contribution >= 0.6 is 11.6 Å². The molecule has 4 rings (SSSR count). The molecule has 0 aliphatic carbocycles. The molecule has 2 heterocycles. The fourth-order valence-electron chi connectivity index (χ4n) is 4.53. The molecular weight excluding hydrogens is 532 g/mol. The molecule has 4 aromatic rings. The van der Waals surface area contributed by atoms with Crippen molar-refractivity contribution in [1.82, 2.24) is 30.8 Å². The first-order valence-electron chi connectivity index (χ1n) is 14.2. The number of rotatable bonds is 18. The minimum absolute atomic E-state index is 0.655. The van der Waals surface area contributed by atoms with Crippen LogP contribution in [0.4, 0.5) is 0 Å². The van der Waals surface area contributed by atoms with Crippen LogP contribution in [-0.4, -0.2) is 54.7 Å². The predicted molar refractivity (Wildman–Crippen MR) is 167 cm³/mol. The van der Waals surface area contributed by atoms with Gasteiger partial charge in [-0.15, -0.1) is 0 Å². The molecule has 0 fully saturated rings. The maximum atomic E-state index is 6.25. The summed E-state index contributed by atoms with van der Waals surface area (Å²) in [6.07, 6.45) is 4.60. The van der Waals surface area contributed by atoms with Gasteiger partial charge in [0, 0.05) is 64.8 Å². The molecule has 2 aromatic carbocycles. The molecular formula is C33H41ClN6O. The summed E-state index contributed by atoms with van der Waals surface area (Å²) in [6.45, 7) is 7.89. The molecule has 3 N–H and O–H groups in total. The van der Waals surface area contributed by atoms with Crippen LogP contribution in [0.5, 0.6) is 5.75 Å². The number of aromatic nitrogens is 2. The third-order valence-corrected chi connectivity index (χ3v) is 7.13. The highest BCUT2D eigenvalue weighted by molar-refractivity contribution is 6.32. The van der Waals surface area contributed by atoms with E-state index in [-0.39, 0.29) is 0 Å². The molecule has 2 aromatic heterocycles. The normalized spacial score (nSPS) is 11.2. The Morgan fingerprint density at radius 3 is 1.83 bits per heavy atom. The summed E-state index contributed by atoms with van der Waals surface area (Å²) in [5.41, 5.74) is 5.92. The van der Waals surface area contributed by atoms with E-state index in [0.29, 0.717) is 10.8 Å². The maximum absolute atomic E-state index is 6.25. The Kier molecular flexibility index (Phi) is 13.1. The van der Waals surface area contributed by atoms with Crippen molar-refractivity contribution < 1.29 is 4.74 Å². The lowest BCUT2D eigenvalue weighted by Gasteiger charge is -2.23. The summed E-state index contributed by atoms with van der Waals surface area (Å²) in [5.74, 6) is 0.712. The smallest absolute Gasteiger partial charge is 0.137 e. The minimum atomic E-state index is 0.655. The Morgan fingerprint density at radius 2 is 1.27 bits per heavy atom. The second kappa shape index (κ2) is 17.5. The molecule has 41 heavy (non-hydrogen) atoms. The summed E-state index contributed by atoms with van der Waals surface area (Å²) in [7, 11) is 1.63. The maximum Gasteiger partial charge on any atom is 0.137 e. The average molecular weight is 573 g/mol. The molecule has 0 saturated carbocycles. The van der Waals surface area contributed by atoms with E-state index in [4.69, 9.17) is 16.3 Å². The van der Waals surface area contributed by atoms with E-state index in [1.165, 1.54) is 16.7 Å². The number of benzene rings is 2. The Hall–Kier alpha value is -3.33. The van der Waals surface area contributed by atoms with Crippen molar-refractivity contribution in [3.8, 4) is 5.75 Å². The molecule has 0 unspecified atom stereocenters. The third-order valence-electron chi connectivity index (χ3n) is 6.84. The van der Waals surface area contributed by atoms with Gasteiger partial charge in [-0.1, -0.05) is 54.1 Å². The van der Waals surface area contributed by atoms with Crippen molar-refractivity contribution in [2.24, 2.45) is 0 Å². The molecule has 216 valence electrons. The lowest BCUT2D eigenvalue weighted by atomic mass is 10.1. The number of methoxy groups -OCH3 is 1. The highest BCUT2D eigenvalue weighted by Gasteiger charge is 2.07. The van der Waals surface area contributed by atoms with E-state index < -0.39 is 0 Å². The van der Waals surface area contributed by atoms with E-state index in [2.05, 4.69) is 73.3 Å². The van der Waals surface area contributed by atoms with Gasteiger partial charge in [-0.05, 0) is 66.1 Å². The van der Waals surface area contributed by atoms with Crippen molar-refractivity contribution >= 4 is 11.6 Å². The number of ether oxygens (including phenoxy) is 1. The highest BCUT2D eigenvalue weighted by Crippen LogP contribution is 2.25. The summed E-state index contributed by atoms with van der Waals surface area (Å²) in [5, 5.41) is 11.3. The van der Waals surface area contributed by atoms with Crippen LogP contribution < -0.4 is 20.7 Å². The Balaban J connectivity index is 1.21. The van der Waals surface area contributed by atoms with Crippen molar-refractivity contribution in [3.63, 3.8) is 0 Å². The first-order valence-corrected chi connectivity index (χ1v) is 14.6. The average Bonchev–Trinajstić information content (AvgIpc) is 3.01. The fraction of sp³-hybridized carbons (Fsp3) is 0.333. The predicted octanol–water partition coefficient (Wildman–Crippen LogP) is 4.85. The first-order chi connectivity index (χ1) is 20.2. The third kappa shape index (κ3) is 11.2. The summed E-state index contributed by atoms with van der Waals surface area (Å²) in [4.78, 5) is 11.3. The zero-order valence-corrected chi connectivity index (χ0v) is 24.6. The molecule has 0 bridgehead atoms. The van der Waals surface area contributed by atoms with Gasteiger partial charge in [-0.25, -0.2) is 0 Å². The van der Waals surface area contributed by atoms with Gasteiger partial charge in [0.1, 0.15) is 5.75 Å². The molecule has 0 aliphatic rings. The molecule has 0 amide bonds. The minimum Gasteiger partial charge on any atom is -0.495 e. The van der Waals surface area contributed by atoms with Crippen LogP contribution in [0.3, 0.4) is 0 Å². The highest BCUT2D eigenvalue weighted by atomic mass is 35.5. The molecule has 0 saturated heterocycles. The van der Waals surface area contributed by atoms with Crippen LogP contribution in [-0.2, 0) is 32.6 Å². The van der Waals surface area contributed by atoms with E-state index in [1.54, 1.807) is 7.11 Å². The largest absolute Gasteiger partial charge is 0.495 e.